The molecule has 0 aliphatic carbocycles. The van der Waals surface area contributed by atoms with E-state index in [9.17, 15) is 14.4 Å². The fourth-order valence-electron chi connectivity index (χ4n) is 6.95. The zero-order valence-electron chi connectivity index (χ0n) is 36.0. The van der Waals surface area contributed by atoms with Gasteiger partial charge in [-0.15, -0.1) is 0 Å². The lowest BCUT2D eigenvalue weighted by Gasteiger charge is -2.18. The van der Waals surface area contributed by atoms with E-state index in [1.807, 2.05) is 0 Å². The van der Waals surface area contributed by atoms with Gasteiger partial charge in [0.05, 0.1) is 0 Å². The summed E-state index contributed by atoms with van der Waals surface area (Å²) < 4.78 is 16.7. The van der Waals surface area contributed by atoms with E-state index in [1.165, 1.54) is 154 Å². The van der Waals surface area contributed by atoms with Gasteiger partial charge in [-0.2, -0.15) is 0 Å². The number of hydrogen-bond acceptors (Lipinski definition) is 6. The molecular formula is C47H90O6. The summed E-state index contributed by atoms with van der Waals surface area (Å²) in [7, 11) is 0. The molecular weight excluding hydrogens is 661 g/mol. The monoisotopic (exact) mass is 751 g/mol. The van der Waals surface area contributed by atoms with Gasteiger partial charge in [-0.25, -0.2) is 0 Å². The number of ether oxygens (including phenoxy) is 3. The van der Waals surface area contributed by atoms with Crippen LogP contribution >= 0.6 is 0 Å². The van der Waals surface area contributed by atoms with Gasteiger partial charge in [0.1, 0.15) is 13.2 Å². The van der Waals surface area contributed by atoms with E-state index in [4.69, 9.17) is 14.2 Å². The summed E-state index contributed by atoms with van der Waals surface area (Å²) in [6.45, 7) is 8.97. The molecule has 2 atom stereocenters. The average molecular weight is 751 g/mol. The van der Waals surface area contributed by atoms with E-state index in [0.29, 0.717) is 19.3 Å². The molecule has 0 aliphatic rings. The predicted molar refractivity (Wildman–Crippen MR) is 224 cm³/mol. The molecule has 314 valence electrons. The molecule has 0 N–H and O–H groups in total. The van der Waals surface area contributed by atoms with E-state index in [1.54, 1.807) is 0 Å². The number of unbranched alkanes of at least 4 members (excludes halogenated alkanes) is 28. The van der Waals surface area contributed by atoms with Gasteiger partial charge in [-0.1, -0.05) is 220 Å². The van der Waals surface area contributed by atoms with Gasteiger partial charge in [-0.05, 0) is 25.2 Å². The second kappa shape index (κ2) is 41.6. The third-order valence-corrected chi connectivity index (χ3v) is 10.9. The van der Waals surface area contributed by atoms with Crippen molar-refractivity contribution in [3.8, 4) is 0 Å². The first-order valence-corrected chi connectivity index (χ1v) is 23.4. The van der Waals surface area contributed by atoms with Crippen LogP contribution in [0.3, 0.4) is 0 Å². The SMILES string of the molecule is CCCCCCCCCCCCCCCCCCC(=O)OC[C@H](COC(=O)CCCCCCCCCCC(C)CC)OC(=O)CCCCCCCCC. The Morgan fingerprint density at radius 3 is 0.981 bits per heavy atom. The molecule has 0 aromatic heterocycles. The molecule has 0 rings (SSSR count). The fourth-order valence-corrected chi connectivity index (χ4v) is 6.95. The molecule has 0 saturated heterocycles. The Balaban J connectivity index is 4.21. The summed E-state index contributed by atoms with van der Waals surface area (Å²) in [6, 6.07) is 0. The van der Waals surface area contributed by atoms with Gasteiger partial charge < -0.3 is 14.2 Å². The van der Waals surface area contributed by atoms with Crippen molar-refractivity contribution in [1.29, 1.82) is 0 Å². The molecule has 0 saturated carbocycles. The summed E-state index contributed by atoms with van der Waals surface area (Å²) in [4.78, 5) is 37.6. The Labute approximate surface area is 329 Å². The summed E-state index contributed by atoms with van der Waals surface area (Å²) in [6.07, 6.45) is 40.9. The normalized spacial score (nSPS) is 12.5. The Morgan fingerprint density at radius 2 is 0.660 bits per heavy atom. The number of hydrogen-bond donors (Lipinski definition) is 0. The Kier molecular flexibility index (Phi) is 40.3. The van der Waals surface area contributed by atoms with Crippen molar-refractivity contribution in [3.05, 3.63) is 0 Å². The first-order chi connectivity index (χ1) is 25.9. The lowest BCUT2D eigenvalue weighted by atomic mass is 9.99. The minimum Gasteiger partial charge on any atom is -0.462 e. The molecule has 6 nitrogen and oxygen atoms in total. The van der Waals surface area contributed by atoms with Gasteiger partial charge in [-0.3, -0.25) is 14.4 Å². The van der Waals surface area contributed by atoms with Gasteiger partial charge in [0.2, 0.25) is 0 Å². The smallest absolute Gasteiger partial charge is 0.306 e. The first kappa shape index (κ1) is 51.4. The maximum atomic E-state index is 12.6. The first-order valence-electron chi connectivity index (χ1n) is 23.4. The number of esters is 3. The molecule has 0 aliphatic heterocycles. The van der Waals surface area contributed by atoms with Crippen molar-refractivity contribution >= 4 is 17.9 Å². The highest BCUT2D eigenvalue weighted by Crippen LogP contribution is 2.17. The Morgan fingerprint density at radius 1 is 0.377 bits per heavy atom. The van der Waals surface area contributed by atoms with Crippen LogP contribution in [-0.2, 0) is 28.6 Å². The van der Waals surface area contributed by atoms with Gasteiger partial charge in [0.15, 0.2) is 6.10 Å². The van der Waals surface area contributed by atoms with Crippen LogP contribution in [0.5, 0.6) is 0 Å². The second-order valence-electron chi connectivity index (χ2n) is 16.3. The molecule has 0 fully saturated rings. The second-order valence-corrected chi connectivity index (χ2v) is 16.3. The van der Waals surface area contributed by atoms with E-state index in [2.05, 4.69) is 27.7 Å². The molecule has 0 aromatic rings. The van der Waals surface area contributed by atoms with Crippen LogP contribution < -0.4 is 0 Å². The molecule has 0 heterocycles. The van der Waals surface area contributed by atoms with Crippen LogP contribution in [0.1, 0.15) is 259 Å². The van der Waals surface area contributed by atoms with Crippen LogP contribution in [0.25, 0.3) is 0 Å². The Hall–Kier alpha value is -1.59. The van der Waals surface area contributed by atoms with E-state index in [0.717, 1.165) is 63.7 Å². The molecule has 0 spiro atoms. The van der Waals surface area contributed by atoms with Crippen LogP contribution in [0.2, 0.25) is 0 Å². The highest BCUT2D eigenvalue weighted by Gasteiger charge is 2.19. The van der Waals surface area contributed by atoms with Crippen molar-refractivity contribution in [2.75, 3.05) is 13.2 Å². The zero-order chi connectivity index (χ0) is 38.9. The maximum absolute atomic E-state index is 12.6. The Bertz CT molecular complexity index is 798. The highest BCUT2D eigenvalue weighted by atomic mass is 16.6. The lowest BCUT2D eigenvalue weighted by molar-refractivity contribution is -0.167. The molecule has 0 amide bonds. The maximum Gasteiger partial charge on any atom is 0.306 e. The van der Waals surface area contributed by atoms with Gasteiger partial charge >= 0.3 is 17.9 Å². The van der Waals surface area contributed by atoms with Crippen molar-refractivity contribution in [3.63, 3.8) is 0 Å². The van der Waals surface area contributed by atoms with Crippen molar-refractivity contribution in [2.24, 2.45) is 5.92 Å². The molecule has 0 aromatic carbocycles. The molecule has 53 heavy (non-hydrogen) atoms. The molecule has 0 radical (unpaired) electrons. The van der Waals surface area contributed by atoms with E-state index in [-0.39, 0.29) is 31.1 Å². The third-order valence-electron chi connectivity index (χ3n) is 10.9. The standard InChI is InChI=1S/C47H90O6/c1-5-8-10-12-14-15-16-17-18-19-20-21-22-27-30-34-38-45(48)51-41-44(53-47(50)40-36-32-25-13-11-9-6-2)42-52-46(49)39-35-31-28-24-23-26-29-33-37-43(4)7-3/h43-44H,5-42H2,1-4H3/t43?,44-/m1/s1. The summed E-state index contributed by atoms with van der Waals surface area (Å²) >= 11 is 0. The zero-order valence-corrected chi connectivity index (χ0v) is 36.0. The number of rotatable bonds is 42. The quantitative estimate of drug-likeness (QED) is 0.0351. The predicted octanol–water partition coefficient (Wildman–Crippen LogP) is 14.7. The third kappa shape index (κ3) is 39.9. The molecule has 1 unspecified atom stereocenters. The van der Waals surface area contributed by atoms with Gasteiger partial charge in [0, 0.05) is 19.3 Å². The summed E-state index contributed by atoms with van der Waals surface area (Å²) in [5, 5.41) is 0. The van der Waals surface area contributed by atoms with Crippen LogP contribution in [0, 0.1) is 5.92 Å². The summed E-state index contributed by atoms with van der Waals surface area (Å²) in [5.41, 5.74) is 0. The number of carbonyl (C=O) groups excluding carboxylic acids is 3. The van der Waals surface area contributed by atoms with Crippen molar-refractivity contribution in [1.82, 2.24) is 0 Å². The highest BCUT2D eigenvalue weighted by molar-refractivity contribution is 5.71. The van der Waals surface area contributed by atoms with Gasteiger partial charge in [0.25, 0.3) is 0 Å². The topological polar surface area (TPSA) is 78.9 Å². The minimum absolute atomic E-state index is 0.0644. The number of carbonyl (C=O) groups is 3. The summed E-state index contributed by atoms with van der Waals surface area (Å²) in [5.74, 6) is -0.0122. The van der Waals surface area contributed by atoms with E-state index >= 15 is 0 Å². The van der Waals surface area contributed by atoms with Crippen LogP contribution in [0.15, 0.2) is 0 Å². The minimum atomic E-state index is -0.758. The van der Waals surface area contributed by atoms with Crippen LogP contribution in [0.4, 0.5) is 0 Å². The van der Waals surface area contributed by atoms with Crippen molar-refractivity contribution < 1.29 is 28.6 Å². The molecule has 6 heteroatoms. The average Bonchev–Trinajstić information content (AvgIpc) is 3.15. The fraction of sp³-hybridized carbons (Fsp3) is 0.936. The molecule has 0 bridgehead atoms. The van der Waals surface area contributed by atoms with Crippen LogP contribution in [-0.4, -0.2) is 37.2 Å². The largest absolute Gasteiger partial charge is 0.462 e. The van der Waals surface area contributed by atoms with E-state index < -0.39 is 6.10 Å². The lowest BCUT2D eigenvalue weighted by Crippen LogP contribution is -2.30. The van der Waals surface area contributed by atoms with Crippen molar-refractivity contribution in [2.45, 2.75) is 265 Å².